The van der Waals surface area contributed by atoms with Gasteiger partial charge in [0.15, 0.2) is 5.96 Å². The number of aliphatic imine (C=N–C) groups is 1. The minimum Gasteiger partial charge on any atom is -0.367 e. The minimum atomic E-state index is -0.243. The van der Waals surface area contributed by atoms with Crippen LogP contribution in [0.4, 0.5) is 4.39 Å². The molecule has 1 aliphatic rings. The number of halogens is 1. The van der Waals surface area contributed by atoms with Gasteiger partial charge in [-0.3, -0.25) is 9.79 Å². The van der Waals surface area contributed by atoms with Crippen LogP contribution in [0.5, 0.6) is 0 Å². The molecule has 6 nitrogen and oxygen atoms in total. The van der Waals surface area contributed by atoms with Gasteiger partial charge in [0.25, 0.3) is 5.56 Å². The normalized spacial score (nSPS) is 19.5. The van der Waals surface area contributed by atoms with Gasteiger partial charge in [-0.25, -0.2) is 4.39 Å². The molecule has 1 saturated heterocycles. The van der Waals surface area contributed by atoms with E-state index in [4.69, 9.17) is 9.73 Å². The number of aryl methyl sites for hydroxylation is 1. The van der Waals surface area contributed by atoms with E-state index in [2.05, 4.69) is 17.1 Å². The number of nitrogens with one attached hydrogen (secondary N) is 1. The fraction of sp³-hybridized carbons (Fsp3) is 0.500. The molecule has 3 rings (SSSR count). The zero-order valence-electron chi connectivity index (χ0n) is 18.7. The Kier molecular flexibility index (Phi) is 8.23. The first-order valence-corrected chi connectivity index (χ1v) is 11.1. The van der Waals surface area contributed by atoms with Crippen molar-refractivity contribution in [3.63, 3.8) is 0 Å². The van der Waals surface area contributed by atoms with Crippen LogP contribution in [0.25, 0.3) is 0 Å². The van der Waals surface area contributed by atoms with Gasteiger partial charge in [0.05, 0.1) is 12.6 Å². The second kappa shape index (κ2) is 11.1. The van der Waals surface area contributed by atoms with Crippen molar-refractivity contribution < 1.29 is 9.13 Å². The molecular weight excluding hydrogens is 395 g/mol. The van der Waals surface area contributed by atoms with Crippen molar-refractivity contribution in [2.45, 2.75) is 52.4 Å². The monoisotopic (exact) mass is 428 g/mol. The number of hydrogen-bond acceptors (Lipinski definition) is 3. The van der Waals surface area contributed by atoms with Crippen LogP contribution in [0, 0.1) is 12.7 Å². The van der Waals surface area contributed by atoms with Gasteiger partial charge in [0.1, 0.15) is 11.9 Å². The number of pyridine rings is 1. The molecule has 2 heterocycles. The number of rotatable bonds is 7. The molecule has 31 heavy (non-hydrogen) atoms. The van der Waals surface area contributed by atoms with Crippen LogP contribution >= 0.6 is 0 Å². The summed E-state index contributed by atoms with van der Waals surface area (Å²) in [4.78, 5) is 19.0. The molecular formula is C24H33FN4O2. The van der Waals surface area contributed by atoms with E-state index in [0.717, 1.165) is 43.1 Å². The smallest absolute Gasteiger partial charge is 0.250 e. The Balaban J connectivity index is 1.59. The quantitative estimate of drug-likeness (QED) is 0.417. The fourth-order valence-electron chi connectivity index (χ4n) is 3.89. The maximum atomic E-state index is 13.3. The summed E-state index contributed by atoms with van der Waals surface area (Å²) in [5.41, 5.74) is 2.00. The highest BCUT2D eigenvalue weighted by Gasteiger charge is 2.28. The molecule has 1 fully saturated rings. The summed E-state index contributed by atoms with van der Waals surface area (Å²) in [6, 6.07) is 11.9. The van der Waals surface area contributed by atoms with Crippen LogP contribution in [0.2, 0.25) is 0 Å². The van der Waals surface area contributed by atoms with Crippen molar-refractivity contribution in [3.05, 3.63) is 69.9 Å². The molecule has 1 aliphatic heterocycles. The van der Waals surface area contributed by atoms with Crippen LogP contribution in [0.1, 0.15) is 44.1 Å². The second-order valence-corrected chi connectivity index (χ2v) is 7.99. The molecule has 1 aromatic carbocycles. The Morgan fingerprint density at radius 2 is 1.97 bits per heavy atom. The number of ether oxygens (including phenoxy) is 1. The first kappa shape index (κ1) is 23.0. The summed E-state index contributed by atoms with van der Waals surface area (Å²) < 4.78 is 21.2. The van der Waals surface area contributed by atoms with E-state index in [9.17, 15) is 9.18 Å². The lowest BCUT2D eigenvalue weighted by Gasteiger charge is -2.38. The molecule has 2 atom stereocenters. The van der Waals surface area contributed by atoms with Crippen LogP contribution < -0.4 is 10.9 Å². The molecule has 0 amide bonds. The van der Waals surface area contributed by atoms with Gasteiger partial charge in [-0.1, -0.05) is 18.2 Å². The Hall–Kier alpha value is -2.67. The third-order valence-corrected chi connectivity index (χ3v) is 5.46. The lowest BCUT2D eigenvalue weighted by molar-refractivity contribution is -0.0605. The Morgan fingerprint density at radius 3 is 2.68 bits per heavy atom. The van der Waals surface area contributed by atoms with E-state index in [0.29, 0.717) is 19.6 Å². The SMILES string of the molecule is CCNC(=NCCCCn1c(C)cccc1=O)N1CC(C)OC(c2ccc(F)cc2)C1. The van der Waals surface area contributed by atoms with Crippen LogP contribution in [-0.2, 0) is 11.3 Å². The molecule has 2 aromatic rings. The lowest BCUT2D eigenvalue weighted by atomic mass is 10.1. The molecule has 0 bridgehead atoms. The predicted molar refractivity (Wildman–Crippen MR) is 122 cm³/mol. The topological polar surface area (TPSA) is 58.9 Å². The second-order valence-electron chi connectivity index (χ2n) is 7.99. The van der Waals surface area contributed by atoms with Crippen molar-refractivity contribution in [1.29, 1.82) is 0 Å². The third-order valence-electron chi connectivity index (χ3n) is 5.46. The van der Waals surface area contributed by atoms with E-state index in [1.54, 1.807) is 24.3 Å². The van der Waals surface area contributed by atoms with Crippen molar-refractivity contribution in [2.24, 2.45) is 4.99 Å². The Morgan fingerprint density at radius 1 is 1.19 bits per heavy atom. The highest BCUT2D eigenvalue weighted by Crippen LogP contribution is 2.25. The number of morpholine rings is 1. The van der Waals surface area contributed by atoms with E-state index in [-0.39, 0.29) is 23.6 Å². The van der Waals surface area contributed by atoms with Gasteiger partial charge in [-0.15, -0.1) is 0 Å². The van der Waals surface area contributed by atoms with E-state index in [1.807, 2.05) is 24.5 Å². The highest BCUT2D eigenvalue weighted by molar-refractivity contribution is 5.80. The zero-order chi connectivity index (χ0) is 22.2. The highest BCUT2D eigenvalue weighted by atomic mass is 19.1. The van der Waals surface area contributed by atoms with Crippen molar-refractivity contribution >= 4 is 5.96 Å². The first-order valence-electron chi connectivity index (χ1n) is 11.1. The number of benzene rings is 1. The summed E-state index contributed by atoms with van der Waals surface area (Å²) in [5.74, 6) is 0.630. The molecule has 0 radical (unpaired) electrons. The maximum absolute atomic E-state index is 13.3. The summed E-state index contributed by atoms with van der Waals surface area (Å²) in [6.45, 7) is 9.66. The van der Waals surface area contributed by atoms with Crippen molar-refractivity contribution in [2.75, 3.05) is 26.2 Å². The van der Waals surface area contributed by atoms with Crippen molar-refractivity contribution in [1.82, 2.24) is 14.8 Å². The van der Waals surface area contributed by atoms with Gasteiger partial charge in [0, 0.05) is 37.9 Å². The minimum absolute atomic E-state index is 0.0422. The third kappa shape index (κ3) is 6.40. The number of guanidine groups is 1. The van der Waals surface area contributed by atoms with Gasteiger partial charge < -0.3 is 19.5 Å². The summed E-state index contributed by atoms with van der Waals surface area (Å²) >= 11 is 0. The Labute approximate surface area is 183 Å². The first-order chi connectivity index (χ1) is 15.0. The molecule has 168 valence electrons. The zero-order valence-corrected chi connectivity index (χ0v) is 18.7. The van der Waals surface area contributed by atoms with E-state index in [1.165, 1.54) is 12.1 Å². The summed E-state index contributed by atoms with van der Waals surface area (Å²) in [7, 11) is 0. The predicted octanol–water partition coefficient (Wildman–Crippen LogP) is 3.50. The van der Waals surface area contributed by atoms with Gasteiger partial charge in [-0.05, 0) is 57.4 Å². The molecule has 0 spiro atoms. The Bertz CT molecular complexity index is 926. The van der Waals surface area contributed by atoms with Gasteiger partial charge in [-0.2, -0.15) is 0 Å². The number of unbranched alkanes of at least 4 members (excludes halogenated alkanes) is 1. The molecule has 2 unspecified atom stereocenters. The standard InChI is InChI=1S/C24H33FN4O2/c1-4-26-24(27-14-5-6-15-29-18(2)8-7-9-23(29)30)28-16-19(3)31-22(17-28)20-10-12-21(25)13-11-20/h7-13,19,22H,4-6,14-17H2,1-3H3,(H,26,27). The summed E-state index contributed by atoms with van der Waals surface area (Å²) in [6.07, 6.45) is 1.71. The lowest BCUT2D eigenvalue weighted by Crippen LogP contribution is -2.50. The maximum Gasteiger partial charge on any atom is 0.250 e. The van der Waals surface area contributed by atoms with Crippen LogP contribution in [0.15, 0.2) is 52.3 Å². The van der Waals surface area contributed by atoms with Crippen LogP contribution in [-0.4, -0.2) is 47.7 Å². The van der Waals surface area contributed by atoms with Gasteiger partial charge >= 0.3 is 0 Å². The molecule has 7 heteroatoms. The number of aromatic nitrogens is 1. The fourth-order valence-corrected chi connectivity index (χ4v) is 3.89. The van der Waals surface area contributed by atoms with Crippen LogP contribution in [0.3, 0.4) is 0 Å². The van der Waals surface area contributed by atoms with E-state index < -0.39 is 0 Å². The average Bonchev–Trinajstić information content (AvgIpc) is 2.74. The van der Waals surface area contributed by atoms with E-state index >= 15 is 0 Å². The molecule has 1 aromatic heterocycles. The van der Waals surface area contributed by atoms with Crippen molar-refractivity contribution in [3.8, 4) is 0 Å². The largest absolute Gasteiger partial charge is 0.367 e. The molecule has 0 saturated carbocycles. The van der Waals surface area contributed by atoms with Gasteiger partial charge in [0.2, 0.25) is 0 Å². The molecule has 0 aliphatic carbocycles. The summed E-state index contributed by atoms with van der Waals surface area (Å²) in [5, 5.41) is 3.39. The average molecular weight is 429 g/mol. The molecule has 1 N–H and O–H groups in total. The number of nitrogens with zero attached hydrogens (tertiary/aromatic N) is 3. The number of hydrogen-bond donors (Lipinski definition) is 1.